The molecule has 3 aromatic carbocycles. The van der Waals surface area contributed by atoms with Crippen LogP contribution in [0.2, 0.25) is 0 Å². The summed E-state index contributed by atoms with van der Waals surface area (Å²) in [5, 5.41) is 9.56. The maximum atomic E-state index is 13.4. The monoisotopic (exact) mass is 523 g/mol. The lowest BCUT2D eigenvalue weighted by Gasteiger charge is -2.21. The lowest BCUT2D eigenvalue weighted by molar-refractivity contribution is -0.120. The molecule has 8 heteroatoms. The second kappa shape index (κ2) is 10.4. The van der Waals surface area contributed by atoms with E-state index in [1.807, 2.05) is 65.0 Å². The van der Waals surface area contributed by atoms with Gasteiger partial charge in [-0.25, -0.2) is 8.51 Å². The van der Waals surface area contributed by atoms with Crippen molar-refractivity contribution in [3.05, 3.63) is 77.9 Å². The number of hydrogen-bond donors (Lipinski definition) is 1. The van der Waals surface area contributed by atoms with Gasteiger partial charge in [-0.05, 0) is 72.2 Å². The lowest BCUT2D eigenvalue weighted by Crippen LogP contribution is -2.33. The van der Waals surface area contributed by atoms with E-state index in [0.717, 1.165) is 70.9 Å². The van der Waals surface area contributed by atoms with E-state index in [2.05, 4.69) is 6.07 Å². The van der Waals surface area contributed by atoms with E-state index in [-0.39, 0.29) is 32.1 Å². The molecular formula is C29H33NO6S. The van der Waals surface area contributed by atoms with Crippen LogP contribution >= 0.6 is 0 Å². The van der Waals surface area contributed by atoms with Crippen molar-refractivity contribution >= 4 is 16.8 Å². The number of Topliss-reactive ketones (excluding diaryl/α,β-unsaturated/α-hetero) is 1. The first-order valence-electron chi connectivity index (χ1n) is 12.5. The summed E-state index contributed by atoms with van der Waals surface area (Å²) in [5.41, 5.74) is 3.62. The number of fused-ring (bicyclic) bond motifs is 1. The number of hydrogen-bond acceptors (Lipinski definition) is 5. The van der Waals surface area contributed by atoms with Crippen molar-refractivity contribution in [2.24, 2.45) is 0 Å². The zero-order valence-corrected chi connectivity index (χ0v) is 21.3. The van der Waals surface area contributed by atoms with Crippen LogP contribution in [0.4, 0.5) is 0 Å². The van der Waals surface area contributed by atoms with Crippen LogP contribution in [0.5, 0.6) is 11.5 Å². The maximum Gasteiger partial charge on any atom is 0.231 e. The van der Waals surface area contributed by atoms with Crippen molar-refractivity contribution in [1.82, 2.24) is 4.31 Å². The number of carbonyl (C=O) groups excluding carboxylic acids is 1. The maximum absolute atomic E-state index is 13.4. The minimum absolute atomic E-state index is 0. The Kier molecular flexibility index (Phi) is 7.18. The van der Waals surface area contributed by atoms with Crippen molar-refractivity contribution in [3.8, 4) is 22.6 Å². The summed E-state index contributed by atoms with van der Waals surface area (Å²) in [5.74, 6) is 1.68. The Bertz CT molecular complexity index is 1330. The van der Waals surface area contributed by atoms with Crippen LogP contribution in [0.3, 0.4) is 0 Å². The van der Waals surface area contributed by atoms with Crippen LogP contribution in [0, 0.1) is 0 Å². The fourth-order valence-corrected chi connectivity index (χ4v) is 6.75. The lowest BCUT2D eigenvalue weighted by atomic mass is 9.87. The number of aliphatic hydroxyl groups excluding tert-OH is 1. The van der Waals surface area contributed by atoms with Crippen LogP contribution in [0.25, 0.3) is 11.1 Å². The van der Waals surface area contributed by atoms with Gasteiger partial charge in [0.2, 0.25) is 6.79 Å². The third kappa shape index (κ3) is 4.82. The van der Waals surface area contributed by atoms with Gasteiger partial charge < -0.3 is 20.1 Å². The molecule has 37 heavy (non-hydrogen) atoms. The van der Waals surface area contributed by atoms with Crippen LogP contribution in [0.15, 0.2) is 71.6 Å². The molecule has 6 rings (SSSR count). The molecule has 7 nitrogen and oxygen atoms in total. The molecule has 196 valence electrons. The molecule has 0 spiro atoms. The predicted molar refractivity (Wildman–Crippen MR) is 143 cm³/mol. The quantitative estimate of drug-likeness (QED) is 0.483. The highest BCUT2D eigenvalue weighted by atomic mass is 32.2. The Morgan fingerprint density at radius 2 is 1.81 bits per heavy atom. The van der Waals surface area contributed by atoms with E-state index in [4.69, 9.17) is 9.47 Å². The van der Waals surface area contributed by atoms with Crippen LogP contribution < -0.4 is 9.47 Å². The fraction of sp³-hybridized carbons (Fsp3) is 0.345. The van der Waals surface area contributed by atoms with Crippen molar-refractivity contribution in [3.63, 3.8) is 0 Å². The molecule has 2 atom stereocenters. The normalized spacial score (nSPS) is 20.3. The van der Waals surface area contributed by atoms with E-state index in [1.165, 1.54) is 0 Å². The first-order chi connectivity index (χ1) is 17.6. The number of carbonyl (C=O) groups is 1. The Hall–Kier alpha value is -3.04. The van der Waals surface area contributed by atoms with E-state index in [1.54, 1.807) is 0 Å². The fourth-order valence-electron chi connectivity index (χ4n) is 5.37. The van der Waals surface area contributed by atoms with Crippen molar-refractivity contribution in [1.29, 1.82) is 0 Å². The molecule has 0 bridgehead atoms. The van der Waals surface area contributed by atoms with Crippen LogP contribution in [0.1, 0.15) is 38.2 Å². The van der Waals surface area contributed by atoms with Gasteiger partial charge in [0.05, 0.1) is 16.9 Å². The second-order valence-electron chi connectivity index (χ2n) is 9.84. The topological polar surface area (TPSA) is 108 Å². The largest absolute Gasteiger partial charge is 0.454 e. The number of rotatable bonds is 8. The Labute approximate surface area is 220 Å². The zero-order valence-electron chi connectivity index (χ0n) is 20.5. The Balaban J connectivity index is 0.00000168. The van der Waals surface area contributed by atoms with E-state index < -0.39 is 16.4 Å². The standard InChI is InChI=1S/C29H29NO5S.H2O.H2/c31-18-24-5-2-14-30(24)36(33)25-9-6-21(7-10-25)22-4-1-3-20(15-22)16-28(32)29(12-13-29)23-8-11-26-27(17-23)35-19-34-26;;/h1,3-4,6-11,15,17,24,31H,2,5,12-14,16,18-19H2;1H2;1H/t24-,36?;;/m1../s1. The van der Waals surface area contributed by atoms with Gasteiger partial charge in [-0.15, -0.1) is 0 Å². The SMILES string of the molecule is O.O=C(Cc1cccc(-c2ccc(S(=O)N3CCC[C@@H]3CO)cc2)c1)C1(c2ccc3c(c2)OCO3)CC1.[HH]. The minimum atomic E-state index is -1.28. The number of aliphatic hydroxyl groups is 1. The molecule has 1 saturated heterocycles. The van der Waals surface area contributed by atoms with Gasteiger partial charge in [0, 0.05) is 20.4 Å². The smallest absolute Gasteiger partial charge is 0.231 e. The third-order valence-corrected chi connectivity index (χ3v) is 9.22. The summed E-state index contributed by atoms with van der Waals surface area (Å²) in [6, 6.07) is 21.7. The summed E-state index contributed by atoms with van der Waals surface area (Å²) < 4.78 is 25.8. The molecule has 2 aliphatic heterocycles. The minimum Gasteiger partial charge on any atom is -0.454 e. The summed E-state index contributed by atoms with van der Waals surface area (Å²) in [7, 11) is -1.28. The van der Waals surface area contributed by atoms with Crippen LogP contribution in [-0.2, 0) is 27.6 Å². The zero-order chi connectivity index (χ0) is 24.7. The predicted octanol–water partition coefficient (Wildman–Crippen LogP) is 3.83. The Morgan fingerprint density at radius 3 is 2.57 bits per heavy atom. The van der Waals surface area contributed by atoms with Gasteiger partial charge >= 0.3 is 0 Å². The molecule has 3 aliphatic rings. The highest BCUT2D eigenvalue weighted by molar-refractivity contribution is 7.82. The highest BCUT2D eigenvalue weighted by Crippen LogP contribution is 2.51. The molecule has 1 aliphatic carbocycles. The van der Waals surface area contributed by atoms with E-state index in [0.29, 0.717) is 6.42 Å². The van der Waals surface area contributed by atoms with Gasteiger partial charge in [0.15, 0.2) is 11.5 Å². The molecular weight excluding hydrogens is 490 g/mol. The first kappa shape index (κ1) is 25.6. The number of nitrogens with zero attached hydrogens (tertiary/aromatic N) is 1. The van der Waals surface area contributed by atoms with E-state index in [9.17, 15) is 14.1 Å². The average Bonchev–Trinajstić information content (AvgIpc) is 3.36. The van der Waals surface area contributed by atoms with Gasteiger partial charge in [0.25, 0.3) is 0 Å². The van der Waals surface area contributed by atoms with Crippen molar-refractivity contribution < 1.29 is 30.5 Å². The summed E-state index contributed by atoms with van der Waals surface area (Å²) in [4.78, 5) is 14.2. The summed E-state index contributed by atoms with van der Waals surface area (Å²) >= 11 is 0. The number of benzene rings is 3. The van der Waals surface area contributed by atoms with Gasteiger partial charge in [-0.3, -0.25) is 4.79 Å². The molecule has 3 aromatic rings. The molecule has 0 aromatic heterocycles. The molecule has 3 N–H and O–H groups in total. The van der Waals surface area contributed by atoms with E-state index >= 15 is 0 Å². The third-order valence-electron chi connectivity index (χ3n) is 7.64. The number of ether oxygens (including phenoxy) is 2. The average molecular weight is 524 g/mol. The van der Waals surface area contributed by atoms with Crippen molar-refractivity contribution in [2.45, 2.75) is 48.5 Å². The molecule has 0 amide bonds. The number of ketones is 1. The van der Waals surface area contributed by atoms with Crippen molar-refractivity contribution in [2.75, 3.05) is 19.9 Å². The second-order valence-corrected chi connectivity index (χ2v) is 11.3. The summed E-state index contributed by atoms with van der Waals surface area (Å²) in [6.07, 6.45) is 3.93. The van der Waals surface area contributed by atoms with Gasteiger partial charge in [-0.2, -0.15) is 0 Å². The molecule has 1 unspecified atom stereocenters. The molecule has 1 saturated carbocycles. The highest BCUT2D eigenvalue weighted by Gasteiger charge is 2.50. The Morgan fingerprint density at radius 1 is 1.03 bits per heavy atom. The summed E-state index contributed by atoms with van der Waals surface area (Å²) in [6.45, 7) is 1.000. The van der Waals surface area contributed by atoms with Gasteiger partial charge in [0.1, 0.15) is 16.8 Å². The molecule has 0 radical (unpaired) electrons. The van der Waals surface area contributed by atoms with Gasteiger partial charge in [-0.1, -0.05) is 42.5 Å². The molecule has 2 heterocycles. The first-order valence-corrected chi connectivity index (χ1v) is 13.6. The molecule has 2 fully saturated rings. The van der Waals surface area contributed by atoms with Crippen LogP contribution in [-0.4, -0.2) is 50.9 Å².